The maximum absolute atomic E-state index is 12.5. The molecule has 13 heteroatoms. The van der Waals surface area contributed by atoms with E-state index in [9.17, 15) is 34.8 Å². The van der Waals surface area contributed by atoms with Gasteiger partial charge >= 0.3 is 25.7 Å². The van der Waals surface area contributed by atoms with Gasteiger partial charge in [-0.15, -0.1) is 3.63 Å². The van der Waals surface area contributed by atoms with Crippen LogP contribution in [0.2, 0.25) is 0 Å². The lowest BCUT2D eigenvalue weighted by molar-refractivity contribution is -0.0498. The first-order valence-corrected chi connectivity index (χ1v) is 10.5. The van der Waals surface area contributed by atoms with Gasteiger partial charge in [-0.05, 0) is 31.1 Å². The standard InChI is InChI=1S/C14H9Cl2F3O6S2/c15-9-4-5-12(16)11(7-9)13(20)8-2-1-3-10(6-8)26(21,22)25-27(23,24)14(17,18)19/h1-3,6-7H,4-5H2. The molecule has 0 bridgehead atoms. The van der Waals surface area contributed by atoms with Gasteiger partial charge in [-0.3, -0.25) is 4.79 Å². The maximum Gasteiger partial charge on any atom is 0.524 e. The molecule has 0 aliphatic heterocycles. The first-order valence-electron chi connectivity index (χ1n) is 6.91. The van der Waals surface area contributed by atoms with Gasteiger partial charge in [0.25, 0.3) is 0 Å². The Morgan fingerprint density at radius 1 is 1.07 bits per heavy atom. The van der Waals surface area contributed by atoms with Crippen LogP contribution >= 0.6 is 23.2 Å². The quantitative estimate of drug-likeness (QED) is 0.485. The topological polar surface area (TPSA) is 94.6 Å². The van der Waals surface area contributed by atoms with Gasteiger partial charge in [0.15, 0.2) is 5.78 Å². The molecule has 1 aromatic carbocycles. The van der Waals surface area contributed by atoms with Gasteiger partial charge in [-0.25, -0.2) is 0 Å². The number of carbonyl (C=O) groups is 1. The minimum atomic E-state index is -6.40. The van der Waals surface area contributed by atoms with Crippen molar-refractivity contribution in [3.05, 3.63) is 51.5 Å². The van der Waals surface area contributed by atoms with Crippen LogP contribution < -0.4 is 0 Å². The van der Waals surface area contributed by atoms with Crippen molar-refractivity contribution in [1.29, 1.82) is 0 Å². The summed E-state index contributed by atoms with van der Waals surface area (Å²) < 4.78 is 86.0. The van der Waals surface area contributed by atoms with Crippen LogP contribution in [0.25, 0.3) is 0 Å². The van der Waals surface area contributed by atoms with Crippen LogP contribution in [0.3, 0.4) is 0 Å². The SMILES string of the molecule is O=C(C1=C(Cl)CCC(Cl)=C1)c1cccc(S(=O)(=O)OS(=O)(=O)C(F)(F)F)c1. The number of hydrogen-bond acceptors (Lipinski definition) is 6. The van der Waals surface area contributed by atoms with Gasteiger partial charge in [0.05, 0.1) is 4.90 Å². The number of alkyl halides is 3. The molecule has 1 aliphatic rings. The van der Waals surface area contributed by atoms with Crippen LogP contribution in [-0.2, 0) is 23.9 Å². The van der Waals surface area contributed by atoms with Crippen molar-refractivity contribution in [2.45, 2.75) is 23.2 Å². The molecule has 0 saturated heterocycles. The zero-order valence-electron chi connectivity index (χ0n) is 13.0. The normalized spacial score (nSPS) is 16.3. The lowest BCUT2D eigenvalue weighted by atomic mass is 9.98. The Kier molecular flexibility index (Phi) is 6.12. The van der Waals surface area contributed by atoms with Crippen molar-refractivity contribution in [2.75, 3.05) is 0 Å². The van der Waals surface area contributed by atoms with E-state index in [4.69, 9.17) is 23.2 Å². The minimum absolute atomic E-state index is 0.00806. The Labute approximate surface area is 162 Å². The second-order valence-electron chi connectivity index (χ2n) is 5.19. The number of allylic oxidation sites excluding steroid dienone is 4. The number of ketones is 1. The van der Waals surface area contributed by atoms with Crippen LogP contribution in [0.1, 0.15) is 23.2 Å². The fourth-order valence-corrected chi connectivity index (χ4v) is 4.53. The molecular weight excluding hydrogens is 456 g/mol. The fraction of sp³-hybridized carbons (Fsp3) is 0.214. The molecule has 0 spiro atoms. The molecule has 0 unspecified atom stereocenters. The van der Waals surface area contributed by atoms with Crippen LogP contribution in [-0.4, -0.2) is 28.1 Å². The van der Waals surface area contributed by atoms with Crippen molar-refractivity contribution >= 4 is 49.2 Å². The molecule has 0 saturated carbocycles. The van der Waals surface area contributed by atoms with E-state index in [0.29, 0.717) is 17.5 Å². The van der Waals surface area contributed by atoms with Crippen LogP contribution in [0.15, 0.2) is 50.9 Å². The Bertz CT molecular complexity index is 1060. The molecule has 0 heterocycles. The summed E-state index contributed by atoms with van der Waals surface area (Å²) in [4.78, 5) is 11.5. The molecule has 148 valence electrons. The van der Waals surface area contributed by atoms with Gasteiger partial charge in [0.1, 0.15) is 0 Å². The van der Waals surface area contributed by atoms with Crippen LogP contribution in [0.5, 0.6) is 0 Å². The van der Waals surface area contributed by atoms with Gasteiger partial charge in [-0.1, -0.05) is 35.3 Å². The summed E-state index contributed by atoms with van der Waals surface area (Å²) in [7, 11) is -11.8. The summed E-state index contributed by atoms with van der Waals surface area (Å²) in [5.74, 6) is -0.742. The van der Waals surface area contributed by atoms with E-state index in [0.717, 1.165) is 12.1 Å². The van der Waals surface area contributed by atoms with Crippen LogP contribution in [0.4, 0.5) is 13.2 Å². The number of rotatable bonds is 5. The Balaban J connectivity index is 2.42. The molecule has 27 heavy (non-hydrogen) atoms. The Morgan fingerprint density at radius 3 is 2.30 bits per heavy atom. The lowest BCUT2D eigenvalue weighted by Gasteiger charge is -2.13. The summed E-state index contributed by atoms with van der Waals surface area (Å²) in [6.45, 7) is 0. The second kappa shape index (κ2) is 7.55. The third kappa shape index (κ3) is 4.91. The van der Waals surface area contributed by atoms with Gasteiger partial charge in [0, 0.05) is 21.2 Å². The molecule has 0 aromatic heterocycles. The monoisotopic (exact) mass is 464 g/mol. The summed E-state index contributed by atoms with van der Waals surface area (Å²) >= 11 is 11.8. The average Bonchev–Trinajstić information content (AvgIpc) is 2.54. The van der Waals surface area contributed by atoms with E-state index in [1.54, 1.807) is 0 Å². The van der Waals surface area contributed by atoms with Crippen molar-refractivity contribution in [3.63, 3.8) is 0 Å². The molecule has 1 aromatic rings. The van der Waals surface area contributed by atoms with Crippen molar-refractivity contribution in [2.24, 2.45) is 0 Å². The smallest absolute Gasteiger partial charge is 0.289 e. The summed E-state index contributed by atoms with van der Waals surface area (Å²) in [6, 6.07) is 3.66. The summed E-state index contributed by atoms with van der Waals surface area (Å²) in [6.07, 6.45) is 1.99. The predicted octanol–water partition coefficient (Wildman–Crippen LogP) is 3.83. The molecule has 2 rings (SSSR count). The molecule has 1 aliphatic carbocycles. The molecular formula is C14H9Cl2F3O6S2. The van der Waals surface area contributed by atoms with E-state index in [1.807, 2.05) is 0 Å². The average molecular weight is 465 g/mol. The maximum atomic E-state index is 12.5. The Morgan fingerprint density at radius 2 is 1.70 bits per heavy atom. The van der Waals surface area contributed by atoms with E-state index in [1.165, 1.54) is 12.1 Å². The third-order valence-electron chi connectivity index (χ3n) is 3.27. The minimum Gasteiger partial charge on any atom is -0.289 e. The van der Waals surface area contributed by atoms with Crippen molar-refractivity contribution < 1.29 is 38.4 Å². The fourth-order valence-electron chi connectivity index (χ4n) is 2.00. The largest absolute Gasteiger partial charge is 0.524 e. The summed E-state index contributed by atoms with van der Waals surface area (Å²) in [5, 5.41) is 0.514. The van der Waals surface area contributed by atoms with E-state index in [-0.39, 0.29) is 22.6 Å². The Hall–Kier alpha value is -1.40. The predicted molar refractivity (Wildman–Crippen MR) is 90.1 cm³/mol. The van der Waals surface area contributed by atoms with Crippen molar-refractivity contribution in [3.8, 4) is 0 Å². The second-order valence-corrected chi connectivity index (χ2v) is 9.43. The highest BCUT2D eigenvalue weighted by Gasteiger charge is 2.50. The van der Waals surface area contributed by atoms with E-state index < -0.39 is 36.4 Å². The highest BCUT2D eigenvalue weighted by atomic mass is 35.5. The van der Waals surface area contributed by atoms with Gasteiger partial charge in [-0.2, -0.15) is 30.0 Å². The third-order valence-corrected chi connectivity index (χ3v) is 6.79. The number of hydrogen-bond donors (Lipinski definition) is 0. The van der Waals surface area contributed by atoms with E-state index in [2.05, 4.69) is 3.63 Å². The number of benzene rings is 1. The first kappa shape index (κ1) is 21.9. The highest BCUT2D eigenvalue weighted by molar-refractivity contribution is 8.00. The van der Waals surface area contributed by atoms with Gasteiger partial charge < -0.3 is 0 Å². The van der Waals surface area contributed by atoms with Gasteiger partial charge in [0.2, 0.25) is 0 Å². The van der Waals surface area contributed by atoms with Crippen molar-refractivity contribution in [1.82, 2.24) is 0 Å². The van der Waals surface area contributed by atoms with E-state index >= 15 is 0 Å². The highest BCUT2D eigenvalue weighted by Crippen LogP contribution is 2.32. The lowest BCUT2D eigenvalue weighted by Crippen LogP contribution is -2.28. The number of carbonyl (C=O) groups excluding carboxylic acids is 1. The number of halogens is 5. The molecule has 0 N–H and O–H groups in total. The number of Topliss-reactive ketones (excluding diaryl/α,β-unsaturated/α-hetero) is 1. The molecule has 0 amide bonds. The molecule has 0 radical (unpaired) electrons. The zero-order valence-corrected chi connectivity index (χ0v) is 16.1. The van der Waals surface area contributed by atoms with Crippen LogP contribution in [0, 0.1) is 0 Å². The summed E-state index contributed by atoms with van der Waals surface area (Å²) in [5.41, 5.74) is -6.21. The molecule has 0 fully saturated rings. The molecule has 0 atom stereocenters. The first-order chi connectivity index (χ1) is 12.2. The molecule has 6 nitrogen and oxygen atoms in total. The zero-order chi connectivity index (χ0) is 20.6.